The van der Waals surface area contributed by atoms with Crippen LogP contribution in [0.4, 0.5) is 9.18 Å². The Balaban J connectivity index is 1.58. The molecule has 2 N–H and O–H groups in total. The molecule has 0 bridgehead atoms. The van der Waals surface area contributed by atoms with Crippen molar-refractivity contribution >= 4 is 12.0 Å². The standard InChI is InChI=1S/C23H34FN3O3/c1-16(28)26(2)21-10-7-19(22(13-21)25-23(29)30)15-27-11-3-4-18(14-27)12-17-5-8-20(24)9-6-17/h5-6,8-9,18-19,21-22,25H,3-4,7,10-15H2,1-2H3,(H,29,30)/t18?,19-,21+,22+/m0/s1. The predicted octanol–water partition coefficient (Wildman–Crippen LogP) is 3.36. The third kappa shape index (κ3) is 6.17. The molecule has 1 saturated heterocycles. The number of hydrogen-bond acceptors (Lipinski definition) is 3. The number of piperidine rings is 1. The van der Waals surface area contributed by atoms with Gasteiger partial charge in [0.1, 0.15) is 5.82 Å². The summed E-state index contributed by atoms with van der Waals surface area (Å²) < 4.78 is 13.2. The van der Waals surface area contributed by atoms with Crippen molar-refractivity contribution in [2.24, 2.45) is 11.8 Å². The second-order valence-corrected chi connectivity index (χ2v) is 9.01. The number of hydrogen-bond donors (Lipinski definition) is 2. The molecule has 1 aliphatic heterocycles. The van der Waals surface area contributed by atoms with Crippen LogP contribution in [0.15, 0.2) is 24.3 Å². The summed E-state index contributed by atoms with van der Waals surface area (Å²) in [4.78, 5) is 27.3. The second kappa shape index (κ2) is 10.2. The molecule has 1 saturated carbocycles. The van der Waals surface area contributed by atoms with Crippen LogP contribution in [-0.2, 0) is 11.2 Å². The van der Waals surface area contributed by atoms with Crippen molar-refractivity contribution in [2.75, 3.05) is 26.7 Å². The van der Waals surface area contributed by atoms with E-state index >= 15 is 0 Å². The Morgan fingerprint density at radius 2 is 1.97 bits per heavy atom. The molecular formula is C23H34FN3O3. The Labute approximate surface area is 178 Å². The Hall–Kier alpha value is -2.15. The highest BCUT2D eigenvalue weighted by Crippen LogP contribution is 2.30. The van der Waals surface area contributed by atoms with Crippen LogP contribution >= 0.6 is 0 Å². The van der Waals surface area contributed by atoms with Crippen molar-refractivity contribution in [3.8, 4) is 0 Å². The molecule has 1 aromatic rings. The first-order valence-corrected chi connectivity index (χ1v) is 11.0. The van der Waals surface area contributed by atoms with Crippen LogP contribution in [0.1, 0.15) is 44.6 Å². The van der Waals surface area contributed by atoms with Gasteiger partial charge in [-0.3, -0.25) is 4.79 Å². The van der Waals surface area contributed by atoms with Gasteiger partial charge in [0.15, 0.2) is 0 Å². The lowest BCUT2D eigenvalue weighted by molar-refractivity contribution is -0.130. The molecule has 4 atom stereocenters. The molecule has 30 heavy (non-hydrogen) atoms. The van der Waals surface area contributed by atoms with E-state index in [0.717, 1.165) is 45.3 Å². The van der Waals surface area contributed by atoms with E-state index in [2.05, 4.69) is 10.2 Å². The summed E-state index contributed by atoms with van der Waals surface area (Å²) in [6.07, 6.45) is 4.73. The van der Waals surface area contributed by atoms with E-state index in [1.165, 1.54) is 24.1 Å². The zero-order chi connectivity index (χ0) is 21.7. The number of halogens is 1. The first-order valence-electron chi connectivity index (χ1n) is 11.0. The molecule has 7 heteroatoms. The number of nitrogens with one attached hydrogen (secondary N) is 1. The van der Waals surface area contributed by atoms with Gasteiger partial charge in [0.25, 0.3) is 0 Å². The Bertz CT molecular complexity index is 727. The first-order chi connectivity index (χ1) is 14.3. The summed E-state index contributed by atoms with van der Waals surface area (Å²) in [5.74, 6) is 0.608. The van der Waals surface area contributed by atoms with Crippen LogP contribution in [-0.4, -0.2) is 65.7 Å². The Morgan fingerprint density at radius 3 is 2.63 bits per heavy atom. The van der Waals surface area contributed by atoms with Crippen molar-refractivity contribution in [3.63, 3.8) is 0 Å². The molecule has 2 amide bonds. The number of rotatable bonds is 6. The van der Waals surface area contributed by atoms with E-state index in [9.17, 15) is 19.1 Å². The highest BCUT2D eigenvalue weighted by molar-refractivity contribution is 5.73. The second-order valence-electron chi connectivity index (χ2n) is 9.01. The molecular weight excluding hydrogens is 385 g/mol. The number of carbonyl (C=O) groups excluding carboxylic acids is 1. The summed E-state index contributed by atoms with van der Waals surface area (Å²) in [7, 11) is 1.80. The number of carbonyl (C=O) groups is 2. The normalized spacial score (nSPS) is 27.4. The molecule has 0 aromatic heterocycles. The van der Waals surface area contributed by atoms with Crippen LogP contribution in [0, 0.1) is 17.7 Å². The maximum Gasteiger partial charge on any atom is 0.404 e. The van der Waals surface area contributed by atoms with Crippen LogP contribution in [0.2, 0.25) is 0 Å². The lowest BCUT2D eigenvalue weighted by atomic mass is 9.80. The fraction of sp³-hybridized carbons (Fsp3) is 0.652. The molecule has 1 unspecified atom stereocenters. The highest BCUT2D eigenvalue weighted by Gasteiger charge is 2.35. The zero-order valence-electron chi connectivity index (χ0n) is 18.0. The summed E-state index contributed by atoms with van der Waals surface area (Å²) in [5.41, 5.74) is 1.17. The van der Waals surface area contributed by atoms with Gasteiger partial charge in [-0.05, 0) is 74.6 Å². The van der Waals surface area contributed by atoms with Crippen molar-refractivity contribution in [2.45, 2.75) is 57.5 Å². The van der Waals surface area contributed by atoms with Crippen LogP contribution in [0.5, 0.6) is 0 Å². The smallest absolute Gasteiger partial charge is 0.404 e. The molecule has 2 fully saturated rings. The van der Waals surface area contributed by atoms with Gasteiger partial charge in [0, 0.05) is 39.1 Å². The topological polar surface area (TPSA) is 72.9 Å². The maximum absolute atomic E-state index is 13.2. The molecule has 166 valence electrons. The summed E-state index contributed by atoms with van der Waals surface area (Å²) in [6, 6.07) is 6.73. The molecule has 1 heterocycles. The van der Waals surface area contributed by atoms with Crippen molar-refractivity contribution < 1.29 is 19.1 Å². The lowest BCUT2D eigenvalue weighted by Gasteiger charge is -2.42. The molecule has 6 nitrogen and oxygen atoms in total. The number of likely N-dealkylation sites (tertiary alicyclic amines) is 1. The molecule has 1 aliphatic carbocycles. The SMILES string of the molecule is CC(=O)N(C)[C@@H]1CC[C@@H](CN2CCCC(Cc3ccc(F)cc3)C2)[C@H](NC(=O)O)C1. The molecule has 0 spiro atoms. The van der Waals surface area contributed by atoms with Gasteiger partial charge in [0.05, 0.1) is 0 Å². The van der Waals surface area contributed by atoms with Gasteiger partial charge >= 0.3 is 6.09 Å². The van der Waals surface area contributed by atoms with Crippen LogP contribution in [0.25, 0.3) is 0 Å². The average molecular weight is 420 g/mol. The lowest BCUT2D eigenvalue weighted by Crippen LogP contribution is -2.53. The highest BCUT2D eigenvalue weighted by atomic mass is 19.1. The molecule has 0 radical (unpaired) electrons. The monoisotopic (exact) mass is 419 g/mol. The van der Waals surface area contributed by atoms with E-state index in [-0.39, 0.29) is 29.7 Å². The van der Waals surface area contributed by atoms with E-state index in [1.54, 1.807) is 18.9 Å². The van der Waals surface area contributed by atoms with Gasteiger partial charge in [-0.2, -0.15) is 0 Å². The minimum atomic E-state index is -0.996. The molecule has 2 aliphatic rings. The minimum absolute atomic E-state index is 0.0205. The van der Waals surface area contributed by atoms with E-state index in [0.29, 0.717) is 12.3 Å². The fourth-order valence-corrected chi connectivity index (χ4v) is 5.14. The number of amides is 2. The third-order valence-electron chi connectivity index (χ3n) is 6.85. The minimum Gasteiger partial charge on any atom is -0.465 e. The van der Waals surface area contributed by atoms with Gasteiger partial charge < -0.3 is 20.2 Å². The van der Waals surface area contributed by atoms with E-state index in [4.69, 9.17) is 0 Å². The van der Waals surface area contributed by atoms with Gasteiger partial charge in [-0.1, -0.05) is 12.1 Å². The first kappa shape index (κ1) is 22.5. The van der Waals surface area contributed by atoms with Gasteiger partial charge in [0.2, 0.25) is 5.91 Å². The summed E-state index contributed by atoms with van der Waals surface area (Å²) >= 11 is 0. The van der Waals surface area contributed by atoms with Crippen molar-refractivity contribution in [3.05, 3.63) is 35.6 Å². The number of carboxylic acid groups (broad SMARTS) is 1. The largest absolute Gasteiger partial charge is 0.465 e. The average Bonchev–Trinajstić information content (AvgIpc) is 2.70. The fourth-order valence-electron chi connectivity index (χ4n) is 5.14. The van der Waals surface area contributed by atoms with Gasteiger partial charge in [-0.15, -0.1) is 0 Å². The van der Waals surface area contributed by atoms with Gasteiger partial charge in [-0.25, -0.2) is 9.18 Å². The van der Waals surface area contributed by atoms with E-state index in [1.807, 2.05) is 12.1 Å². The summed E-state index contributed by atoms with van der Waals surface area (Å²) in [5, 5.41) is 12.0. The van der Waals surface area contributed by atoms with Crippen molar-refractivity contribution in [1.29, 1.82) is 0 Å². The van der Waals surface area contributed by atoms with Crippen LogP contribution in [0.3, 0.4) is 0 Å². The van der Waals surface area contributed by atoms with Crippen molar-refractivity contribution in [1.82, 2.24) is 15.1 Å². The Morgan fingerprint density at radius 1 is 1.23 bits per heavy atom. The third-order valence-corrected chi connectivity index (χ3v) is 6.85. The summed E-state index contributed by atoms with van der Waals surface area (Å²) in [6.45, 7) is 4.46. The number of benzene rings is 1. The zero-order valence-corrected chi connectivity index (χ0v) is 18.0. The van der Waals surface area contributed by atoms with E-state index < -0.39 is 6.09 Å². The Kier molecular flexibility index (Phi) is 7.69. The molecule has 1 aromatic carbocycles. The maximum atomic E-state index is 13.2. The predicted molar refractivity (Wildman–Crippen MR) is 114 cm³/mol. The van der Waals surface area contributed by atoms with Crippen LogP contribution < -0.4 is 5.32 Å². The number of nitrogens with zero attached hydrogens (tertiary/aromatic N) is 2. The quantitative estimate of drug-likeness (QED) is 0.742. The molecule has 3 rings (SSSR count).